The van der Waals surface area contributed by atoms with Crippen LogP contribution < -0.4 is 16.0 Å². The lowest BCUT2D eigenvalue weighted by atomic mass is 10.1. The summed E-state index contributed by atoms with van der Waals surface area (Å²) in [6, 6.07) is 17.0. The van der Waals surface area contributed by atoms with E-state index in [0.717, 1.165) is 47.7 Å². The maximum absolute atomic E-state index is 13.3. The lowest BCUT2D eigenvalue weighted by Gasteiger charge is -2.16. The Morgan fingerprint density at radius 2 is 1.76 bits per heavy atom. The van der Waals surface area contributed by atoms with Crippen molar-refractivity contribution in [2.75, 3.05) is 37.8 Å². The Morgan fingerprint density at radius 1 is 1.00 bits per heavy atom. The predicted octanol–water partition coefficient (Wildman–Crippen LogP) is 5.02. The molecule has 2 aromatic carbocycles. The number of hydrogen-bond donors (Lipinski definition) is 3. The topological polar surface area (TPSA) is 119 Å². The van der Waals surface area contributed by atoms with E-state index in [0.29, 0.717) is 12.4 Å². The molecular weight excluding hydrogens is 519 g/mol. The van der Waals surface area contributed by atoms with Gasteiger partial charge in [-0.15, -0.1) is 0 Å². The monoisotopic (exact) mass is 552 g/mol. The number of pyridine rings is 1. The minimum atomic E-state index is -0.390. The van der Waals surface area contributed by atoms with Crippen LogP contribution in [0.25, 0.3) is 11.3 Å². The van der Waals surface area contributed by atoms with Crippen LogP contribution >= 0.6 is 0 Å². The molecule has 4 rings (SSSR count). The molecule has 0 bridgehead atoms. The molecule has 10 heteroatoms. The van der Waals surface area contributed by atoms with Gasteiger partial charge in [-0.3, -0.25) is 9.78 Å². The van der Waals surface area contributed by atoms with E-state index in [1.165, 1.54) is 24.4 Å². The number of aromatic nitrogens is 3. The molecule has 2 heterocycles. The third-order valence-corrected chi connectivity index (χ3v) is 6.43. The van der Waals surface area contributed by atoms with Crippen LogP contribution in [0, 0.1) is 17.1 Å². The molecule has 0 aliphatic rings. The van der Waals surface area contributed by atoms with Crippen LogP contribution in [-0.4, -0.2) is 52.9 Å². The number of nitrogens with one attached hydrogen (secondary N) is 3. The first-order valence-electron chi connectivity index (χ1n) is 13.3. The molecule has 0 aliphatic carbocycles. The number of nitrogens with zero attached hydrogens (tertiary/aromatic N) is 5. The number of amides is 1. The number of nitriles is 1. The molecule has 0 saturated heterocycles. The van der Waals surface area contributed by atoms with Crippen molar-refractivity contribution in [3.63, 3.8) is 0 Å². The Morgan fingerprint density at radius 3 is 2.41 bits per heavy atom. The van der Waals surface area contributed by atoms with Crippen molar-refractivity contribution in [3.8, 4) is 17.3 Å². The third kappa shape index (κ3) is 8.30. The van der Waals surface area contributed by atoms with E-state index in [-0.39, 0.29) is 23.0 Å². The van der Waals surface area contributed by atoms with Crippen molar-refractivity contribution in [3.05, 3.63) is 101 Å². The first kappa shape index (κ1) is 29.1. The lowest BCUT2D eigenvalue weighted by Crippen LogP contribution is -2.28. The summed E-state index contributed by atoms with van der Waals surface area (Å²) in [5.41, 5.74) is 3.96. The maximum Gasteiger partial charge on any atom is 0.255 e. The number of anilines is 2. The summed E-state index contributed by atoms with van der Waals surface area (Å²) in [5.74, 6) is 0.368. The molecule has 1 amide bonds. The molecular formula is C31H33FN8O. The molecule has 41 heavy (non-hydrogen) atoms. The highest BCUT2D eigenvalue weighted by Gasteiger charge is 2.17. The number of carbonyl (C=O) groups is 1. The highest BCUT2D eigenvalue weighted by Crippen LogP contribution is 2.21. The second-order valence-corrected chi connectivity index (χ2v) is 9.90. The third-order valence-electron chi connectivity index (χ3n) is 6.43. The van der Waals surface area contributed by atoms with E-state index in [1.807, 2.05) is 37.3 Å². The summed E-state index contributed by atoms with van der Waals surface area (Å²) < 4.78 is 13.3. The molecule has 0 spiro atoms. The molecule has 0 aliphatic heterocycles. The van der Waals surface area contributed by atoms with Crippen LogP contribution in [0.2, 0.25) is 0 Å². The predicted molar refractivity (Wildman–Crippen MR) is 158 cm³/mol. The van der Waals surface area contributed by atoms with Gasteiger partial charge in [0, 0.05) is 24.8 Å². The molecule has 9 nitrogen and oxygen atoms in total. The number of halogens is 1. The van der Waals surface area contributed by atoms with Crippen LogP contribution in [0.15, 0.2) is 73.2 Å². The molecule has 4 aromatic rings. The van der Waals surface area contributed by atoms with Gasteiger partial charge in [-0.05, 0) is 63.3 Å². The highest BCUT2D eigenvalue weighted by atomic mass is 19.1. The van der Waals surface area contributed by atoms with Gasteiger partial charge in [0.1, 0.15) is 23.5 Å². The summed E-state index contributed by atoms with van der Waals surface area (Å²) >= 11 is 0. The molecule has 210 valence electrons. The first-order chi connectivity index (χ1) is 19.8. The van der Waals surface area contributed by atoms with Crippen LogP contribution in [0.1, 0.15) is 46.4 Å². The summed E-state index contributed by atoms with van der Waals surface area (Å²) in [6.45, 7) is 4.06. The Balaban J connectivity index is 1.38. The summed E-state index contributed by atoms with van der Waals surface area (Å²) in [4.78, 5) is 28.6. The summed E-state index contributed by atoms with van der Waals surface area (Å²) in [5, 5.41) is 18.7. The van der Waals surface area contributed by atoms with Gasteiger partial charge >= 0.3 is 0 Å². The maximum atomic E-state index is 13.3. The minimum Gasteiger partial charge on any atom is -0.369 e. The molecule has 3 N–H and O–H groups in total. The van der Waals surface area contributed by atoms with Crippen molar-refractivity contribution >= 4 is 17.5 Å². The average molecular weight is 553 g/mol. The molecule has 1 unspecified atom stereocenters. The van der Waals surface area contributed by atoms with Gasteiger partial charge in [0.2, 0.25) is 0 Å². The van der Waals surface area contributed by atoms with E-state index in [4.69, 9.17) is 0 Å². The normalized spacial score (nSPS) is 11.5. The highest BCUT2D eigenvalue weighted by molar-refractivity contribution is 5.99. The van der Waals surface area contributed by atoms with Crippen molar-refractivity contribution in [1.82, 2.24) is 25.2 Å². The zero-order valence-corrected chi connectivity index (χ0v) is 23.4. The van der Waals surface area contributed by atoms with Gasteiger partial charge in [0.05, 0.1) is 35.3 Å². The summed E-state index contributed by atoms with van der Waals surface area (Å²) in [7, 11) is 4.10. The fourth-order valence-corrected chi connectivity index (χ4v) is 4.11. The lowest BCUT2D eigenvalue weighted by molar-refractivity contribution is 0.0940. The Bertz CT molecular complexity index is 1480. The van der Waals surface area contributed by atoms with Crippen LogP contribution in [0.4, 0.5) is 16.0 Å². The SMILES string of the molecule is CC(NC(=O)c1cc(C#N)cnc1NCc1ccc(-c2cnc(NCCCN(C)C)cn2)cc1)c1ccc(F)cc1. The zero-order valence-electron chi connectivity index (χ0n) is 23.4. The molecule has 0 saturated carbocycles. The Labute approximate surface area is 239 Å². The molecule has 0 fully saturated rings. The van der Waals surface area contributed by atoms with E-state index >= 15 is 0 Å². The number of rotatable bonds is 12. The van der Waals surface area contributed by atoms with E-state index in [9.17, 15) is 14.4 Å². The van der Waals surface area contributed by atoms with Gasteiger partial charge in [-0.2, -0.15) is 5.26 Å². The Kier molecular flexibility index (Phi) is 9.91. The average Bonchev–Trinajstić information content (AvgIpc) is 2.99. The second kappa shape index (κ2) is 14.0. The van der Waals surface area contributed by atoms with Gasteiger partial charge in [-0.1, -0.05) is 36.4 Å². The fraction of sp³-hybridized carbons (Fsp3) is 0.258. The van der Waals surface area contributed by atoms with Crippen LogP contribution in [0.3, 0.4) is 0 Å². The van der Waals surface area contributed by atoms with E-state index < -0.39 is 5.91 Å². The molecule has 0 radical (unpaired) electrons. The number of carbonyl (C=O) groups excluding carboxylic acids is 1. The minimum absolute atomic E-state index is 0.250. The smallest absolute Gasteiger partial charge is 0.255 e. The number of hydrogen-bond acceptors (Lipinski definition) is 8. The van der Waals surface area contributed by atoms with Gasteiger partial charge < -0.3 is 20.9 Å². The van der Waals surface area contributed by atoms with Crippen molar-refractivity contribution in [1.29, 1.82) is 5.26 Å². The number of benzene rings is 2. The van der Waals surface area contributed by atoms with Crippen molar-refractivity contribution in [2.45, 2.75) is 25.9 Å². The largest absolute Gasteiger partial charge is 0.369 e. The van der Waals surface area contributed by atoms with Crippen LogP contribution in [0.5, 0.6) is 0 Å². The standard InChI is InChI=1S/C31H33FN8O/c1-21(24-9-11-26(32)12-10-24)39-31(41)27-15-23(16-33)18-38-30(27)37-17-22-5-7-25(8-6-22)28-19-36-29(20-35-28)34-13-4-14-40(2)3/h5-12,15,18-21H,4,13-14,17H2,1-3H3,(H,34,36)(H,37,38)(H,39,41). The van der Waals surface area contributed by atoms with Gasteiger partial charge in [-0.25, -0.2) is 14.4 Å². The van der Waals surface area contributed by atoms with E-state index in [1.54, 1.807) is 24.5 Å². The van der Waals surface area contributed by atoms with Gasteiger partial charge in [0.25, 0.3) is 5.91 Å². The second-order valence-electron chi connectivity index (χ2n) is 9.90. The quantitative estimate of drug-likeness (QED) is 0.210. The van der Waals surface area contributed by atoms with Crippen molar-refractivity contribution in [2.24, 2.45) is 0 Å². The molecule has 1 atom stereocenters. The zero-order chi connectivity index (χ0) is 29.2. The first-order valence-corrected chi connectivity index (χ1v) is 13.3. The van der Waals surface area contributed by atoms with Gasteiger partial charge in [0.15, 0.2) is 0 Å². The van der Waals surface area contributed by atoms with Crippen molar-refractivity contribution < 1.29 is 9.18 Å². The molecule has 2 aromatic heterocycles. The fourth-order valence-electron chi connectivity index (χ4n) is 4.11. The summed E-state index contributed by atoms with van der Waals surface area (Å²) in [6.07, 6.45) is 5.93. The van der Waals surface area contributed by atoms with E-state index in [2.05, 4.69) is 49.9 Å². The van der Waals surface area contributed by atoms with Crippen LogP contribution in [-0.2, 0) is 6.54 Å². The Hall–Kier alpha value is -4.88.